The van der Waals surface area contributed by atoms with Gasteiger partial charge >= 0.3 is 0 Å². The van der Waals surface area contributed by atoms with Crippen molar-refractivity contribution in [2.45, 2.75) is 52.5 Å². The van der Waals surface area contributed by atoms with Gasteiger partial charge in [-0.15, -0.1) is 11.3 Å². The number of hydrogen-bond acceptors (Lipinski definition) is 4. The number of aromatic nitrogens is 1. The van der Waals surface area contributed by atoms with Crippen LogP contribution in [0.3, 0.4) is 0 Å². The van der Waals surface area contributed by atoms with Crippen molar-refractivity contribution in [3.05, 3.63) is 16.1 Å². The van der Waals surface area contributed by atoms with Crippen molar-refractivity contribution in [3.63, 3.8) is 0 Å². The van der Waals surface area contributed by atoms with E-state index in [9.17, 15) is 0 Å². The fourth-order valence-corrected chi connectivity index (χ4v) is 2.68. The van der Waals surface area contributed by atoms with E-state index in [0.717, 1.165) is 31.6 Å². The van der Waals surface area contributed by atoms with Crippen LogP contribution in [0.15, 0.2) is 5.38 Å². The van der Waals surface area contributed by atoms with E-state index >= 15 is 0 Å². The third kappa shape index (κ3) is 5.04. The van der Waals surface area contributed by atoms with Crippen LogP contribution in [0.2, 0.25) is 0 Å². The first-order chi connectivity index (χ1) is 8.47. The van der Waals surface area contributed by atoms with Crippen LogP contribution in [0.4, 0.5) is 0 Å². The molecule has 4 heteroatoms. The molecule has 3 nitrogen and oxygen atoms in total. The quantitative estimate of drug-likeness (QED) is 0.800. The molecule has 0 saturated heterocycles. The predicted octanol–water partition coefficient (Wildman–Crippen LogP) is 2.94. The highest BCUT2D eigenvalue weighted by Gasteiger charge is 2.17. The second-order valence-corrected chi connectivity index (χ2v) is 6.67. The Morgan fingerprint density at radius 1 is 1.44 bits per heavy atom. The first kappa shape index (κ1) is 15.6. The lowest BCUT2D eigenvalue weighted by Gasteiger charge is -2.14. The highest BCUT2D eigenvalue weighted by atomic mass is 32.1. The molecular formula is C14H26N2OS. The van der Waals surface area contributed by atoms with E-state index in [0.29, 0.717) is 5.92 Å². The molecular weight excluding hydrogens is 244 g/mol. The van der Waals surface area contributed by atoms with Crippen LogP contribution in [0.1, 0.15) is 51.2 Å². The average molecular weight is 270 g/mol. The maximum absolute atomic E-state index is 8.94. The minimum atomic E-state index is 0.145. The van der Waals surface area contributed by atoms with Gasteiger partial charge in [-0.25, -0.2) is 4.98 Å². The molecule has 0 fully saturated rings. The summed E-state index contributed by atoms with van der Waals surface area (Å²) in [6.07, 6.45) is 1.99. The summed E-state index contributed by atoms with van der Waals surface area (Å²) in [6, 6.07) is 0. The number of aliphatic hydroxyl groups is 1. The summed E-state index contributed by atoms with van der Waals surface area (Å²) in [4.78, 5) is 4.66. The van der Waals surface area contributed by atoms with E-state index in [1.54, 1.807) is 11.3 Å². The van der Waals surface area contributed by atoms with Crippen LogP contribution in [0.25, 0.3) is 0 Å². The van der Waals surface area contributed by atoms with E-state index in [2.05, 4.69) is 43.4 Å². The number of aliphatic hydroxyl groups excluding tert-OH is 1. The number of nitrogens with one attached hydrogen (secondary N) is 1. The Morgan fingerprint density at radius 2 is 2.17 bits per heavy atom. The third-order valence-corrected chi connectivity index (χ3v) is 4.36. The Morgan fingerprint density at radius 3 is 2.67 bits per heavy atom. The maximum atomic E-state index is 8.94. The molecule has 1 aromatic heterocycles. The monoisotopic (exact) mass is 270 g/mol. The van der Waals surface area contributed by atoms with E-state index in [1.165, 1.54) is 5.01 Å². The van der Waals surface area contributed by atoms with Crippen molar-refractivity contribution in [1.82, 2.24) is 10.3 Å². The second-order valence-electron chi connectivity index (χ2n) is 5.81. The molecule has 0 bridgehead atoms. The molecule has 2 N–H and O–H groups in total. The molecule has 0 spiro atoms. The van der Waals surface area contributed by atoms with Gasteiger partial charge in [0.2, 0.25) is 0 Å². The summed E-state index contributed by atoms with van der Waals surface area (Å²) in [5.74, 6) is 0.565. The van der Waals surface area contributed by atoms with Gasteiger partial charge in [0, 0.05) is 23.9 Å². The van der Waals surface area contributed by atoms with Crippen LogP contribution in [-0.2, 0) is 12.0 Å². The zero-order chi connectivity index (χ0) is 13.6. The molecule has 1 rings (SSSR count). The van der Waals surface area contributed by atoms with Crippen molar-refractivity contribution < 1.29 is 5.11 Å². The Kier molecular flexibility index (Phi) is 6.26. The molecule has 0 saturated carbocycles. The van der Waals surface area contributed by atoms with Gasteiger partial charge in [-0.2, -0.15) is 0 Å². The van der Waals surface area contributed by atoms with Gasteiger partial charge in [-0.1, -0.05) is 34.1 Å². The maximum Gasteiger partial charge on any atom is 0.0982 e. The van der Waals surface area contributed by atoms with Gasteiger partial charge in [-0.3, -0.25) is 0 Å². The molecule has 1 heterocycles. The van der Waals surface area contributed by atoms with Crippen molar-refractivity contribution in [2.24, 2.45) is 5.92 Å². The number of nitrogens with zero attached hydrogens (tertiary/aromatic N) is 1. The first-order valence-electron chi connectivity index (χ1n) is 6.73. The predicted molar refractivity (Wildman–Crippen MR) is 78.0 cm³/mol. The van der Waals surface area contributed by atoms with E-state index in [4.69, 9.17) is 5.11 Å². The molecule has 0 radical (unpaired) electrons. The van der Waals surface area contributed by atoms with E-state index in [-0.39, 0.29) is 12.0 Å². The zero-order valence-corrected chi connectivity index (χ0v) is 12.8. The fourth-order valence-electron chi connectivity index (χ4n) is 1.77. The normalized spacial score (nSPS) is 13.8. The largest absolute Gasteiger partial charge is 0.396 e. The molecule has 0 aliphatic rings. The lowest BCUT2D eigenvalue weighted by Crippen LogP contribution is -2.23. The smallest absolute Gasteiger partial charge is 0.0982 e. The second kappa shape index (κ2) is 7.22. The fraction of sp³-hybridized carbons (Fsp3) is 0.786. The van der Waals surface area contributed by atoms with Crippen LogP contribution in [0.5, 0.6) is 0 Å². The van der Waals surface area contributed by atoms with Crippen LogP contribution < -0.4 is 5.32 Å². The van der Waals surface area contributed by atoms with Crippen LogP contribution >= 0.6 is 11.3 Å². The van der Waals surface area contributed by atoms with Gasteiger partial charge in [0.05, 0.1) is 10.7 Å². The van der Waals surface area contributed by atoms with Gasteiger partial charge in [0.1, 0.15) is 0 Å². The SMILES string of the molecule is CCC(CCO)CNCc1csc(C(C)(C)C)n1. The molecule has 0 aliphatic heterocycles. The van der Waals surface area contributed by atoms with Crippen molar-refractivity contribution in [1.29, 1.82) is 0 Å². The Labute approximate surface area is 115 Å². The summed E-state index contributed by atoms with van der Waals surface area (Å²) in [6.45, 7) is 10.8. The van der Waals surface area contributed by atoms with Crippen LogP contribution in [0, 0.1) is 5.92 Å². The summed E-state index contributed by atoms with van der Waals surface area (Å²) in [5.41, 5.74) is 1.27. The highest BCUT2D eigenvalue weighted by molar-refractivity contribution is 7.09. The van der Waals surface area contributed by atoms with Crippen molar-refractivity contribution in [2.75, 3.05) is 13.2 Å². The van der Waals surface area contributed by atoms with Crippen LogP contribution in [-0.4, -0.2) is 23.2 Å². The Balaban J connectivity index is 2.37. The molecule has 0 amide bonds. The topological polar surface area (TPSA) is 45.1 Å². The Hall–Kier alpha value is -0.450. The molecule has 104 valence electrons. The van der Waals surface area contributed by atoms with E-state index in [1.807, 2.05) is 0 Å². The van der Waals surface area contributed by atoms with E-state index < -0.39 is 0 Å². The molecule has 1 aromatic rings. The molecule has 0 aliphatic carbocycles. The lowest BCUT2D eigenvalue weighted by atomic mass is 9.98. The van der Waals surface area contributed by atoms with Gasteiger partial charge in [0.25, 0.3) is 0 Å². The standard InChI is InChI=1S/C14H26N2OS/c1-5-11(6-7-17)8-15-9-12-10-18-13(16-12)14(2,3)4/h10-11,15,17H,5-9H2,1-4H3. The third-order valence-electron chi connectivity index (χ3n) is 3.05. The lowest BCUT2D eigenvalue weighted by molar-refractivity contribution is 0.251. The van der Waals surface area contributed by atoms with Crippen molar-refractivity contribution in [3.8, 4) is 0 Å². The first-order valence-corrected chi connectivity index (χ1v) is 7.61. The summed E-state index contributed by atoms with van der Waals surface area (Å²) in [5, 5.41) is 15.7. The summed E-state index contributed by atoms with van der Waals surface area (Å²) in [7, 11) is 0. The molecule has 1 unspecified atom stereocenters. The van der Waals surface area contributed by atoms with Gasteiger partial charge in [-0.05, 0) is 18.9 Å². The van der Waals surface area contributed by atoms with Gasteiger partial charge in [0.15, 0.2) is 0 Å². The minimum absolute atomic E-state index is 0.145. The summed E-state index contributed by atoms with van der Waals surface area (Å²) >= 11 is 1.74. The number of rotatable bonds is 7. The zero-order valence-electron chi connectivity index (χ0n) is 12.0. The number of hydrogen-bond donors (Lipinski definition) is 2. The Bertz CT molecular complexity index is 344. The molecule has 0 aromatic carbocycles. The molecule has 1 atom stereocenters. The highest BCUT2D eigenvalue weighted by Crippen LogP contribution is 2.25. The molecule has 18 heavy (non-hydrogen) atoms. The minimum Gasteiger partial charge on any atom is -0.396 e. The summed E-state index contributed by atoms with van der Waals surface area (Å²) < 4.78 is 0. The van der Waals surface area contributed by atoms with Crippen molar-refractivity contribution >= 4 is 11.3 Å². The average Bonchev–Trinajstić information content (AvgIpc) is 2.76. The van der Waals surface area contributed by atoms with Gasteiger partial charge < -0.3 is 10.4 Å². The number of thiazole rings is 1.